The van der Waals surface area contributed by atoms with E-state index in [4.69, 9.17) is 14.2 Å². The van der Waals surface area contributed by atoms with Gasteiger partial charge in [0, 0.05) is 19.5 Å². The Morgan fingerprint density at radius 1 is 1.03 bits per heavy atom. The van der Waals surface area contributed by atoms with Gasteiger partial charge in [0.25, 0.3) is 0 Å². The van der Waals surface area contributed by atoms with Crippen LogP contribution in [0, 0.1) is 5.92 Å². The van der Waals surface area contributed by atoms with Crippen molar-refractivity contribution in [3.63, 3.8) is 0 Å². The summed E-state index contributed by atoms with van der Waals surface area (Å²) in [7, 11) is 0. The number of ether oxygens (including phenoxy) is 3. The van der Waals surface area contributed by atoms with Crippen LogP contribution in [0.25, 0.3) is 0 Å². The highest BCUT2D eigenvalue weighted by atomic mass is 79.9. The van der Waals surface area contributed by atoms with Crippen molar-refractivity contribution in [2.45, 2.75) is 65.1 Å². The number of amides is 3. The minimum atomic E-state index is -0.982. The lowest BCUT2D eigenvalue weighted by Gasteiger charge is -2.27. The second-order valence-corrected chi connectivity index (χ2v) is 10.9. The minimum absolute atomic E-state index is 0.0623. The maximum Gasteiger partial charge on any atom is 0.415 e. The zero-order chi connectivity index (χ0) is 27.6. The molecule has 0 spiro atoms. The van der Waals surface area contributed by atoms with Gasteiger partial charge >= 0.3 is 12.1 Å². The van der Waals surface area contributed by atoms with Crippen LogP contribution in [0.3, 0.4) is 0 Å². The van der Waals surface area contributed by atoms with Gasteiger partial charge in [0.2, 0.25) is 11.8 Å². The third-order valence-electron chi connectivity index (χ3n) is 5.33. The van der Waals surface area contributed by atoms with E-state index in [0.717, 1.165) is 5.56 Å². The summed E-state index contributed by atoms with van der Waals surface area (Å²) in [4.78, 5) is 51.9. The molecule has 1 aromatic rings. The van der Waals surface area contributed by atoms with Crippen molar-refractivity contribution < 1.29 is 33.4 Å². The number of benzene rings is 1. The molecule has 1 saturated heterocycles. The Morgan fingerprint density at radius 3 is 2.19 bits per heavy atom. The molecular weight excluding hydrogens is 546 g/mol. The third kappa shape index (κ3) is 11.1. The molecule has 0 aliphatic carbocycles. The number of rotatable bonds is 10. The average Bonchev–Trinajstić information content (AvgIpc) is 2.83. The third-order valence-corrected chi connectivity index (χ3v) is 5.83. The maximum absolute atomic E-state index is 13.1. The minimum Gasteiger partial charge on any atom is -0.458 e. The van der Waals surface area contributed by atoms with E-state index < -0.39 is 35.7 Å². The Kier molecular flexibility index (Phi) is 11.8. The van der Waals surface area contributed by atoms with E-state index in [-0.39, 0.29) is 23.6 Å². The highest BCUT2D eigenvalue weighted by molar-refractivity contribution is 9.09. The second kappa shape index (κ2) is 14.3. The molecule has 10 nitrogen and oxygen atoms in total. The van der Waals surface area contributed by atoms with Gasteiger partial charge in [-0.15, -0.1) is 0 Å². The van der Waals surface area contributed by atoms with Gasteiger partial charge in [-0.3, -0.25) is 9.59 Å². The summed E-state index contributed by atoms with van der Waals surface area (Å²) < 4.78 is 16.2. The molecule has 0 radical (unpaired) electrons. The molecule has 1 aliphatic heterocycles. The molecule has 206 valence electrons. The summed E-state index contributed by atoms with van der Waals surface area (Å²) in [6.45, 7) is 11.0. The van der Waals surface area contributed by atoms with Crippen LogP contribution in [-0.4, -0.2) is 78.1 Å². The van der Waals surface area contributed by atoms with E-state index in [9.17, 15) is 19.2 Å². The highest BCUT2D eigenvalue weighted by Gasteiger charge is 2.30. The molecule has 2 N–H and O–H groups in total. The smallest absolute Gasteiger partial charge is 0.415 e. The number of hydrogen-bond acceptors (Lipinski definition) is 7. The van der Waals surface area contributed by atoms with E-state index in [2.05, 4.69) is 26.6 Å². The van der Waals surface area contributed by atoms with Gasteiger partial charge in [0.05, 0.1) is 18.5 Å². The lowest BCUT2D eigenvalue weighted by atomic mass is 10.0. The normalized spacial score (nSPS) is 15.5. The quantitative estimate of drug-likeness (QED) is 0.320. The van der Waals surface area contributed by atoms with Gasteiger partial charge in [-0.2, -0.15) is 0 Å². The molecule has 1 fully saturated rings. The largest absolute Gasteiger partial charge is 0.458 e. The van der Waals surface area contributed by atoms with Gasteiger partial charge in [-0.25, -0.2) is 9.59 Å². The van der Waals surface area contributed by atoms with Gasteiger partial charge in [0.15, 0.2) is 0 Å². The van der Waals surface area contributed by atoms with E-state index in [1.54, 1.807) is 49.9 Å². The van der Waals surface area contributed by atoms with E-state index in [1.807, 2.05) is 13.8 Å². The number of halogens is 1. The Balaban J connectivity index is 2.13. The first-order valence-electron chi connectivity index (χ1n) is 12.4. The monoisotopic (exact) mass is 583 g/mol. The number of esters is 1. The zero-order valence-corrected chi connectivity index (χ0v) is 23.8. The summed E-state index contributed by atoms with van der Waals surface area (Å²) in [5.41, 5.74) is -0.0219. The van der Waals surface area contributed by atoms with Crippen molar-refractivity contribution in [2.24, 2.45) is 5.92 Å². The molecule has 0 saturated carbocycles. The number of hydrogen-bond donors (Lipinski definition) is 2. The lowest BCUT2D eigenvalue weighted by Crippen LogP contribution is -2.53. The van der Waals surface area contributed by atoms with Crippen LogP contribution < -0.4 is 15.4 Å². The van der Waals surface area contributed by atoms with E-state index in [1.165, 1.54) is 0 Å². The van der Waals surface area contributed by atoms with Crippen molar-refractivity contribution in [1.29, 1.82) is 0 Å². The van der Waals surface area contributed by atoms with Crippen LogP contribution in [-0.2, 0) is 30.3 Å². The first-order chi connectivity index (χ1) is 17.4. The maximum atomic E-state index is 13.1. The molecule has 1 aromatic carbocycles. The molecule has 2 atom stereocenters. The summed E-state index contributed by atoms with van der Waals surface area (Å²) in [6, 6.07) is 4.95. The molecule has 0 aromatic heterocycles. The summed E-state index contributed by atoms with van der Waals surface area (Å²) in [6.07, 6.45) is 0.116. The predicted molar refractivity (Wildman–Crippen MR) is 142 cm³/mol. The predicted octanol–water partition coefficient (Wildman–Crippen LogP) is 2.81. The van der Waals surface area contributed by atoms with Crippen molar-refractivity contribution in [2.75, 3.05) is 31.6 Å². The molecule has 37 heavy (non-hydrogen) atoms. The van der Waals surface area contributed by atoms with Gasteiger partial charge in [-0.1, -0.05) is 41.9 Å². The Labute approximate surface area is 226 Å². The van der Waals surface area contributed by atoms with Crippen molar-refractivity contribution in [3.05, 3.63) is 29.8 Å². The molecule has 2 rings (SSSR count). The fraction of sp³-hybridized carbons (Fsp3) is 0.615. The van der Waals surface area contributed by atoms with Crippen molar-refractivity contribution in [3.8, 4) is 5.75 Å². The second-order valence-electron chi connectivity index (χ2n) is 10.3. The fourth-order valence-corrected chi connectivity index (χ4v) is 3.78. The first-order valence-corrected chi connectivity index (χ1v) is 13.5. The van der Waals surface area contributed by atoms with Crippen molar-refractivity contribution in [1.82, 2.24) is 15.5 Å². The molecular formula is C26H38BrN3O7. The number of carbonyl (C=O) groups excluding carboxylic acids is 4. The van der Waals surface area contributed by atoms with Crippen LogP contribution in [0.5, 0.6) is 5.75 Å². The zero-order valence-electron chi connectivity index (χ0n) is 22.2. The summed E-state index contributed by atoms with van der Waals surface area (Å²) in [5, 5.41) is 5.52. The SMILES string of the molecule is CC(C)C[C@H](NC(=O)CBr)C(=O)N[C@@H](Cc1ccc(OC(=O)N2CCOCC2)cc1)C(=O)OC(C)(C)C. The summed E-state index contributed by atoms with van der Waals surface area (Å²) >= 11 is 3.10. The standard InChI is InChI=1S/C26H38BrN3O7/c1-17(2)14-20(28-22(31)16-27)23(32)29-21(24(33)37-26(3,4)5)15-18-6-8-19(9-7-18)36-25(34)30-10-12-35-13-11-30/h6-9,17,20-21H,10-16H2,1-5H3,(H,28,31)(H,29,32)/t20-,21-/m0/s1. The Bertz CT molecular complexity index is 925. The van der Waals surface area contributed by atoms with E-state index in [0.29, 0.717) is 38.5 Å². The molecule has 11 heteroatoms. The number of nitrogens with zero attached hydrogens (tertiary/aromatic N) is 1. The number of morpholine rings is 1. The Morgan fingerprint density at radius 2 is 1.65 bits per heavy atom. The van der Waals surface area contributed by atoms with Gasteiger partial charge in [0.1, 0.15) is 23.4 Å². The van der Waals surface area contributed by atoms with Crippen LogP contribution in [0.4, 0.5) is 4.79 Å². The number of alkyl halides is 1. The Hall–Kier alpha value is -2.66. The van der Waals surface area contributed by atoms with Crippen molar-refractivity contribution >= 4 is 39.8 Å². The molecule has 1 heterocycles. The van der Waals surface area contributed by atoms with E-state index >= 15 is 0 Å². The molecule has 0 unspecified atom stereocenters. The summed E-state index contributed by atoms with van der Waals surface area (Å²) in [5.74, 6) is -0.864. The lowest BCUT2D eigenvalue weighted by molar-refractivity contribution is -0.158. The van der Waals surface area contributed by atoms with Gasteiger partial charge < -0.3 is 29.7 Å². The molecule has 0 bridgehead atoms. The molecule has 3 amide bonds. The van der Waals surface area contributed by atoms with Crippen LogP contribution in [0.2, 0.25) is 0 Å². The van der Waals surface area contributed by atoms with Crippen LogP contribution >= 0.6 is 15.9 Å². The molecule has 1 aliphatic rings. The first kappa shape index (κ1) is 30.6. The fourth-order valence-electron chi connectivity index (χ4n) is 3.61. The highest BCUT2D eigenvalue weighted by Crippen LogP contribution is 2.17. The average molecular weight is 585 g/mol. The van der Waals surface area contributed by atoms with Crippen LogP contribution in [0.1, 0.15) is 46.6 Å². The topological polar surface area (TPSA) is 123 Å². The number of carbonyl (C=O) groups is 4. The van der Waals surface area contributed by atoms with Crippen LogP contribution in [0.15, 0.2) is 24.3 Å². The number of nitrogens with one attached hydrogen (secondary N) is 2. The van der Waals surface area contributed by atoms with Gasteiger partial charge in [-0.05, 0) is 50.8 Å².